The number of likely N-dealkylation sites (tertiary alicyclic amines) is 2. The summed E-state index contributed by atoms with van der Waals surface area (Å²) in [6, 6.07) is 9.27. The number of benzene rings is 2. The molecule has 3 fully saturated rings. The Bertz CT molecular complexity index is 1470. The van der Waals surface area contributed by atoms with Crippen LogP contribution >= 0.6 is 0 Å². The van der Waals surface area contributed by atoms with E-state index in [1.54, 1.807) is 29.2 Å². The summed E-state index contributed by atoms with van der Waals surface area (Å²) in [5, 5.41) is 54.8. The van der Waals surface area contributed by atoms with Gasteiger partial charge in [-0.2, -0.15) is 0 Å². The summed E-state index contributed by atoms with van der Waals surface area (Å²) in [5.41, 5.74) is 7.08. The number of hydrogen-bond donors (Lipinski definition) is 8. The zero-order valence-corrected chi connectivity index (χ0v) is 27.7. The molecule has 14 heteroatoms. The maximum absolute atomic E-state index is 14.7. The highest BCUT2D eigenvalue weighted by molar-refractivity contribution is 5.94. The molecule has 0 radical (unpaired) electrons. The number of guanidine groups is 1. The number of phenols is 2. The van der Waals surface area contributed by atoms with E-state index in [0.29, 0.717) is 56.4 Å². The quantitative estimate of drug-likeness (QED) is 0.123. The second kappa shape index (κ2) is 15.9. The van der Waals surface area contributed by atoms with Crippen molar-refractivity contribution >= 4 is 23.7 Å². The molecule has 2 aromatic rings. The highest BCUT2D eigenvalue weighted by Gasteiger charge is 2.51. The van der Waals surface area contributed by atoms with Gasteiger partial charge >= 0.3 is 0 Å². The third kappa shape index (κ3) is 8.61. The number of carbonyl (C=O) groups is 3. The van der Waals surface area contributed by atoms with E-state index in [1.165, 1.54) is 29.2 Å². The molecule has 2 aromatic carbocycles. The number of piperidine rings is 1. The molecule has 3 aliphatic rings. The molecule has 5 rings (SSSR count). The first-order valence-corrected chi connectivity index (χ1v) is 17.0. The molecule has 266 valence electrons. The van der Waals surface area contributed by atoms with Crippen LogP contribution in [0.25, 0.3) is 0 Å². The average Bonchev–Trinajstić information content (AvgIpc) is 3.45. The molecule has 49 heavy (non-hydrogen) atoms. The number of amides is 3. The molecule has 3 amide bonds. The first-order chi connectivity index (χ1) is 23.4. The minimum atomic E-state index is -1.51. The maximum atomic E-state index is 14.7. The number of aromatic hydroxyl groups is 2. The van der Waals surface area contributed by atoms with Gasteiger partial charge in [-0.25, -0.2) is 0 Å². The van der Waals surface area contributed by atoms with Crippen molar-refractivity contribution < 1.29 is 39.5 Å². The van der Waals surface area contributed by atoms with Gasteiger partial charge < -0.3 is 51.3 Å². The Morgan fingerprint density at radius 2 is 1.61 bits per heavy atom. The van der Waals surface area contributed by atoms with E-state index in [2.05, 4.69) is 10.6 Å². The maximum Gasteiger partial charge on any atom is 0.249 e. The number of hydrogen-bond acceptors (Lipinski definition) is 9. The molecule has 0 unspecified atom stereocenters. The lowest BCUT2D eigenvalue weighted by atomic mass is 9.83. The van der Waals surface area contributed by atoms with Crippen LogP contribution in [0.2, 0.25) is 0 Å². The van der Waals surface area contributed by atoms with Crippen molar-refractivity contribution in [2.75, 3.05) is 13.2 Å². The van der Waals surface area contributed by atoms with Crippen LogP contribution in [-0.4, -0.2) is 110 Å². The van der Waals surface area contributed by atoms with Crippen molar-refractivity contribution in [3.63, 3.8) is 0 Å². The van der Waals surface area contributed by atoms with Crippen LogP contribution in [-0.2, 0) is 32.0 Å². The zero-order chi connectivity index (χ0) is 35.2. The van der Waals surface area contributed by atoms with E-state index in [0.717, 1.165) is 0 Å². The number of phenolic OH excluding ortho intramolecular Hbond substituents is 2. The predicted molar refractivity (Wildman–Crippen MR) is 179 cm³/mol. The van der Waals surface area contributed by atoms with Gasteiger partial charge in [0.05, 0.1) is 12.1 Å². The molecule has 1 saturated carbocycles. The fourth-order valence-corrected chi connectivity index (χ4v) is 7.47. The molecule has 0 spiro atoms. The Kier molecular flexibility index (Phi) is 11.6. The van der Waals surface area contributed by atoms with Gasteiger partial charge in [0.2, 0.25) is 17.7 Å². The smallest absolute Gasteiger partial charge is 0.249 e. The second-order valence-electron chi connectivity index (χ2n) is 13.3. The summed E-state index contributed by atoms with van der Waals surface area (Å²) >= 11 is 0. The zero-order valence-electron chi connectivity index (χ0n) is 27.7. The summed E-state index contributed by atoms with van der Waals surface area (Å²) in [7, 11) is 0. The highest BCUT2D eigenvalue weighted by Crippen LogP contribution is 2.40. The largest absolute Gasteiger partial charge is 0.508 e. The fourth-order valence-electron chi connectivity index (χ4n) is 7.47. The Morgan fingerprint density at radius 3 is 2.22 bits per heavy atom. The number of nitrogens with two attached hydrogens (primary N) is 1. The van der Waals surface area contributed by atoms with Crippen molar-refractivity contribution in [3.8, 4) is 11.5 Å². The number of carbonyl (C=O) groups excluding carboxylic acids is 3. The first kappa shape index (κ1) is 35.9. The number of nitrogens with one attached hydrogen (secondary N) is 3. The van der Waals surface area contributed by atoms with Gasteiger partial charge in [0.25, 0.3) is 0 Å². The molecule has 2 saturated heterocycles. The van der Waals surface area contributed by atoms with Gasteiger partial charge in [-0.15, -0.1) is 0 Å². The molecular formula is C35H48N6O8. The second-order valence-corrected chi connectivity index (χ2v) is 13.3. The Hall–Kier alpha value is -4.40. The van der Waals surface area contributed by atoms with E-state index in [-0.39, 0.29) is 48.5 Å². The molecule has 9 N–H and O–H groups in total. The standard InChI is InChI=1S/C35H48N6O8/c1-2-49-34-26(4-3-15-40(34)35(36)37)38-31(46)29-18-22-9-14-25(44)19-28(22)41(29)33(48)27(16-20-5-10-23(42)11-6-20)39-32(47)30(45)17-21-7-12-24(43)13-8-21/h5-8,10-13,22,25-30,34,42-45H,2-4,9,14-19H2,1H3,(H3,36,37)(H,38,46)(H,39,47)/t22-,25+,26+,27-,28-,29+,30-,34-/m1/s1. The SMILES string of the molecule is CCO[C@@H]1[C@@H](NC(=O)[C@@H]2C[C@H]3CC[C@H](O)C[C@H]3N2C(=O)[C@@H](Cc2ccc(O)cc2)NC(=O)[C@H](O)Cc2ccc(O)cc2)CCCN1C(=N)N. The molecule has 8 atom stereocenters. The van der Waals surface area contributed by atoms with Gasteiger partial charge in [-0.05, 0) is 86.8 Å². The van der Waals surface area contributed by atoms with Gasteiger partial charge in [-0.1, -0.05) is 24.3 Å². The van der Waals surface area contributed by atoms with Crippen LogP contribution in [0.1, 0.15) is 56.6 Å². The molecule has 14 nitrogen and oxygen atoms in total. The van der Waals surface area contributed by atoms with Gasteiger partial charge in [0.1, 0.15) is 29.7 Å². The molecule has 2 aliphatic heterocycles. The van der Waals surface area contributed by atoms with Crippen LogP contribution in [0.4, 0.5) is 0 Å². The molecule has 2 heterocycles. The summed E-state index contributed by atoms with van der Waals surface area (Å²) in [6.07, 6.45) is 0.256. The third-order valence-corrected chi connectivity index (χ3v) is 9.90. The summed E-state index contributed by atoms with van der Waals surface area (Å²) in [5.74, 6) is -1.81. The number of aliphatic hydroxyl groups is 2. The van der Waals surface area contributed by atoms with Crippen LogP contribution in [0.15, 0.2) is 48.5 Å². The summed E-state index contributed by atoms with van der Waals surface area (Å²) in [4.78, 5) is 45.3. The minimum absolute atomic E-state index is 0.0180. The molecule has 0 aromatic heterocycles. The monoisotopic (exact) mass is 680 g/mol. The topological polar surface area (TPSA) is 222 Å². The highest BCUT2D eigenvalue weighted by atomic mass is 16.5. The Labute approximate surface area is 285 Å². The first-order valence-electron chi connectivity index (χ1n) is 17.0. The predicted octanol–water partition coefficient (Wildman–Crippen LogP) is 0.696. The van der Waals surface area contributed by atoms with Gasteiger partial charge in [0, 0.05) is 32.0 Å². The minimum Gasteiger partial charge on any atom is -0.508 e. The van der Waals surface area contributed by atoms with E-state index in [9.17, 15) is 34.8 Å². The van der Waals surface area contributed by atoms with E-state index >= 15 is 0 Å². The van der Waals surface area contributed by atoms with Crippen molar-refractivity contribution in [1.82, 2.24) is 20.4 Å². The number of aliphatic hydroxyl groups excluding tert-OH is 2. The number of ether oxygens (including phenoxy) is 1. The van der Waals surface area contributed by atoms with Crippen LogP contribution < -0.4 is 16.4 Å². The van der Waals surface area contributed by atoms with Crippen molar-refractivity contribution in [2.24, 2.45) is 11.7 Å². The lowest BCUT2D eigenvalue weighted by Gasteiger charge is -2.42. The number of nitrogens with zero attached hydrogens (tertiary/aromatic N) is 2. The Balaban J connectivity index is 1.41. The van der Waals surface area contributed by atoms with Crippen LogP contribution in [0.3, 0.4) is 0 Å². The molecular weight excluding hydrogens is 632 g/mol. The summed E-state index contributed by atoms with van der Waals surface area (Å²) in [6.45, 7) is 2.68. The summed E-state index contributed by atoms with van der Waals surface area (Å²) < 4.78 is 5.92. The van der Waals surface area contributed by atoms with Crippen molar-refractivity contribution in [1.29, 1.82) is 5.41 Å². The van der Waals surface area contributed by atoms with E-state index in [4.69, 9.17) is 15.9 Å². The normalized spacial score (nSPS) is 26.3. The average molecular weight is 681 g/mol. The van der Waals surface area contributed by atoms with E-state index < -0.39 is 54.4 Å². The number of rotatable bonds is 11. The van der Waals surface area contributed by atoms with Crippen LogP contribution in [0, 0.1) is 11.3 Å². The third-order valence-electron chi connectivity index (χ3n) is 9.90. The van der Waals surface area contributed by atoms with E-state index in [1.807, 2.05) is 6.92 Å². The molecule has 0 bridgehead atoms. The van der Waals surface area contributed by atoms with Crippen LogP contribution in [0.5, 0.6) is 11.5 Å². The lowest BCUT2D eigenvalue weighted by molar-refractivity contribution is -0.146. The van der Waals surface area contributed by atoms with Crippen molar-refractivity contribution in [2.45, 2.75) is 101 Å². The Morgan fingerprint density at radius 1 is 0.980 bits per heavy atom. The molecule has 1 aliphatic carbocycles. The lowest BCUT2D eigenvalue weighted by Crippen LogP contribution is -2.62. The van der Waals surface area contributed by atoms with Crippen molar-refractivity contribution in [3.05, 3.63) is 59.7 Å². The number of fused-ring (bicyclic) bond motifs is 1. The van der Waals surface area contributed by atoms with Gasteiger partial charge in [-0.3, -0.25) is 19.8 Å². The fraction of sp³-hybridized carbons (Fsp3) is 0.543. The van der Waals surface area contributed by atoms with Gasteiger partial charge in [0.15, 0.2) is 12.2 Å².